The average Bonchev–Trinajstić information content (AvgIpc) is 2.94. The van der Waals surface area contributed by atoms with Gasteiger partial charge >= 0.3 is 0 Å². The molecule has 0 spiro atoms. The summed E-state index contributed by atoms with van der Waals surface area (Å²) in [4.78, 5) is 0. The Morgan fingerprint density at radius 3 is 1.81 bits per heavy atom. The van der Waals surface area contributed by atoms with Gasteiger partial charge in [-0.25, -0.2) is 0 Å². The van der Waals surface area contributed by atoms with Crippen LogP contribution >= 0.6 is 0 Å². The Hall–Kier alpha value is -0.720. The van der Waals surface area contributed by atoms with Crippen LogP contribution in [0.15, 0.2) is 16.7 Å². The molecule has 0 aliphatic heterocycles. The first-order valence-electron chi connectivity index (χ1n) is 9.43. The molecule has 1 aromatic heterocycles. The standard InChI is InChI=1S/C20H36O/c1-3-5-7-9-11-13-15-19-17-18-21-20(19)16-14-12-10-8-6-4-2/h17-18H,3-16H2,1-2H3. The van der Waals surface area contributed by atoms with Gasteiger partial charge in [-0.3, -0.25) is 0 Å². The molecule has 21 heavy (non-hydrogen) atoms. The summed E-state index contributed by atoms with van der Waals surface area (Å²) < 4.78 is 5.69. The Morgan fingerprint density at radius 2 is 1.19 bits per heavy atom. The van der Waals surface area contributed by atoms with Crippen molar-refractivity contribution in [1.29, 1.82) is 0 Å². The third-order valence-corrected chi connectivity index (χ3v) is 4.39. The van der Waals surface area contributed by atoms with E-state index >= 15 is 0 Å². The number of hydrogen-bond donors (Lipinski definition) is 0. The molecule has 0 aliphatic rings. The molecule has 122 valence electrons. The zero-order valence-corrected chi connectivity index (χ0v) is 14.5. The lowest BCUT2D eigenvalue weighted by molar-refractivity contribution is 0.485. The fourth-order valence-electron chi connectivity index (χ4n) is 2.97. The van der Waals surface area contributed by atoms with Crippen LogP contribution in [0.5, 0.6) is 0 Å². The molecule has 0 aromatic carbocycles. The third kappa shape index (κ3) is 9.01. The number of furan rings is 1. The Kier molecular flexibility index (Phi) is 11.3. The van der Waals surface area contributed by atoms with Gasteiger partial charge < -0.3 is 4.42 Å². The maximum absolute atomic E-state index is 5.69. The average molecular weight is 293 g/mol. The Morgan fingerprint density at radius 1 is 0.667 bits per heavy atom. The highest BCUT2D eigenvalue weighted by atomic mass is 16.3. The summed E-state index contributed by atoms with van der Waals surface area (Å²) in [7, 11) is 0. The van der Waals surface area contributed by atoms with E-state index in [0.717, 1.165) is 6.42 Å². The number of rotatable bonds is 14. The summed E-state index contributed by atoms with van der Waals surface area (Å²) in [5.41, 5.74) is 1.47. The second-order valence-electron chi connectivity index (χ2n) is 6.40. The van der Waals surface area contributed by atoms with Gasteiger partial charge in [-0.15, -0.1) is 0 Å². The SMILES string of the molecule is CCCCCCCCc1ccoc1CCCCCCCC. The van der Waals surface area contributed by atoms with Gasteiger partial charge in [0.25, 0.3) is 0 Å². The predicted molar refractivity (Wildman–Crippen MR) is 92.9 cm³/mol. The summed E-state index contributed by atoms with van der Waals surface area (Å²) in [6, 6.07) is 2.19. The Labute approximate surface area is 132 Å². The summed E-state index contributed by atoms with van der Waals surface area (Å²) in [6.45, 7) is 4.55. The fraction of sp³-hybridized carbons (Fsp3) is 0.800. The first-order chi connectivity index (χ1) is 10.4. The molecule has 1 heteroatoms. The van der Waals surface area contributed by atoms with Crippen LogP contribution in [0.3, 0.4) is 0 Å². The third-order valence-electron chi connectivity index (χ3n) is 4.39. The molecule has 0 saturated carbocycles. The van der Waals surface area contributed by atoms with Crippen LogP contribution in [0, 0.1) is 0 Å². The zero-order chi connectivity index (χ0) is 15.2. The lowest BCUT2D eigenvalue weighted by Crippen LogP contribution is -1.92. The topological polar surface area (TPSA) is 13.1 Å². The van der Waals surface area contributed by atoms with E-state index in [0.29, 0.717) is 0 Å². The van der Waals surface area contributed by atoms with E-state index in [2.05, 4.69) is 19.9 Å². The normalized spacial score (nSPS) is 11.1. The molecule has 1 aromatic rings. The van der Waals surface area contributed by atoms with Crippen LogP contribution in [0.2, 0.25) is 0 Å². The zero-order valence-electron chi connectivity index (χ0n) is 14.5. The largest absolute Gasteiger partial charge is 0.469 e. The highest BCUT2D eigenvalue weighted by Gasteiger charge is 2.05. The fourth-order valence-corrected chi connectivity index (χ4v) is 2.97. The molecule has 0 radical (unpaired) electrons. The highest BCUT2D eigenvalue weighted by Crippen LogP contribution is 2.18. The van der Waals surface area contributed by atoms with E-state index in [1.807, 2.05) is 6.26 Å². The van der Waals surface area contributed by atoms with Crippen LogP contribution in [0.4, 0.5) is 0 Å². The van der Waals surface area contributed by atoms with Crippen LogP contribution in [0.1, 0.15) is 102 Å². The van der Waals surface area contributed by atoms with Crippen molar-refractivity contribution in [2.75, 3.05) is 0 Å². The lowest BCUT2D eigenvalue weighted by atomic mass is 10.0. The van der Waals surface area contributed by atoms with E-state index in [4.69, 9.17) is 4.42 Å². The van der Waals surface area contributed by atoms with Gasteiger partial charge in [0.2, 0.25) is 0 Å². The van der Waals surface area contributed by atoms with E-state index in [1.54, 1.807) is 0 Å². The first-order valence-corrected chi connectivity index (χ1v) is 9.43. The molecular formula is C20H36O. The molecular weight excluding hydrogens is 256 g/mol. The minimum absolute atomic E-state index is 1.14. The van der Waals surface area contributed by atoms with Crippen molar-refractivity contribution in [2.24, 2.45) is 0 Å². The Bertz CT molecular complexity index is 296. The molecule has 0 aliphatic carbocycles. The monoisotopic (exact) mass is 292 g/mol. The van der Waals surface area contributed by atoms with Crippen LogP contribution in [0.25, 0.3) is 0 Å². The molecule has 0 unspecified atom stereocenters. The molecule has 0 N–H and O–H groups in total. The number of aryl methyl sites for hydroxylation is 2. The number of unbranched alkanes of at least 4 members (excludes halogenated alkanes) is 10. The second-order valence-corrected chi connectivity index (χ2v) is 6.40. The van der Waals surface area contributed by atoms with Crippen LogP contribution < -0.4 is 0 Å². The second kappa shape index (κ2) is 13.0. The van der Waals surface area contributed by atoms with Crippen molar-refractivity contribution >= 4 is 0 Å². The molecule has 1 heterocycles. The quantitative estimate of drug-likeness (QED) is 0.334. The molecule has 0 bridgehead atoms. The van der Waals surface area contributed by atoms with Crippen LogP contribution in [-0.4, -0.2) is 0 Å². The molecule has 1 rings (SSSR count). The van der Waals surface area contributed by atoms with Gasteiger partial charge in [-0.05, 0) is 30.9 Å². The van der Waals surface area contributed by atoms with Gasteiger partial charge in [0.1, 0.15) is 5.76 Å². The van der Waals surface area contributed by atoms with E-state index in [9.17, 15) is 0 Å². The van der Waals surface area contributed by atoms with Gasteiger partial charge in [-0.2, -0.15) is 0 Å². The Balaban J connectivity index is 2.09. The lowest BCUT2D eigenvalue weighted by Gasteiger charge is -2.04. The van der Waals surface area contributed by atoms with Crippen molar-refractivity contribution in [3.8, 4) is 0 Å². The summed E-state index contributed by atoms with van der Waals surface area (Å²) >= 11 is 0. The van der Waals surface area contributed by atoms with E-state index < -0.39 is 0 Å². The minimum Gasteiger partial charge on any atom is -0.469 e. The summed E-state index contributed by atoms with van der Waals surface area (Å²) in [6.07, 6.45) is 20.7. The van der Waals surface area contributed by atoms with Gasteiger partial charge in [0.15, 0.2) is 0 Å². The maximum Gasteiger partial charge on any atom is 0.106 e. The highest BCUT2D eigenvalue weighted by molar-refractivity contribution is 5.17. The van der Waals surface area contributed by atoms with Crippen molar-refractivity contribution in [3.63, 3.8) is 0 Å². The molecule has 0 atom stereocenters. The predicted octanol–water partition coefficient (Wildman–Crippen LogP) is 7.09. The van der Waals surface area contributed by atoms with Crippen molar-refractivity contribution < 1.29 is 4.42 Å². The molecule has 1 nitrogen and oxygen atoms in total. The van der Waals surface area contributed by atoms with Gasteiger partial charge in [0.05, 0.1) is 6.26 Å². The maximum atomic E-state index is 5.69. The minimum atomic E-state index is 1.14. The summed E-state index contributed by atoms with van der Waals surface area (Å²) in [5.74, 6) is 1.26. The van der Waals surface area contributed by atoms with E-state index in [1.165, 1.54) is 94.8 Å². The van der Waals surface area contributed by atoms with Gasteiger partial charge in [-0.1, -0.05) is 78.1 Å². The number of hydrogen-bond acceptors (Lipinski definition) is 1. The molecule has 0 saturated heterocycles. The molecule has 0 amide bonds. The first kappa shape index (κ1) is 18.3. The smallest absolute Gasteiger partial charge is 0.106 e. The molecule has 0 fully saturated rings. The van der Waals surface area contributed by atoms with Crippen molar-refractivity contribution in [1.82, 2.24) is 0 Å². The van der Waals surface area contributed by atoms with Crippen molar-refractivity contribution in [2.45, 2.75) is 104 Å². The van der Waals surface area contributed by atoms with Crippen LogP contribution in [-0.2, 0) is 12.8 Å². The van der Waals surface area contributed by atoms with E-state index in [-0.39, 0.29) is 0 Å². The summed E-state index contributed by atoms with van der Waals surface area (Å²) in [5, 5.41) is 0. The van der Waals surface area contributed by atoms with Crippen molar-refractivity contribution in [3.05, 3.63) is 23.7 Å². The van der Waals surface area contributed by atoms with Gasteiger partial charge in [0, 0.05) is 6.42 Å².